The molecule has 2 aromatic carbocycles. The van der Waals surface area contributed by atoms with Crippen molar-refractivity contribution in [2.24, 2.45) is 5.92 Å². The Morgan fingerprint density at radius 1 is 0.778 bits per heavy atom. The summed E-state index contributed by atoms with van der Waals surface area (Å²) in [6, 6.07) is 19.2. The van der Waals surface area contributed by atoms with Gasteiger partial charge in [0.2, 0.25) is 0 Å². The minimum absolute atomic E-state index is 0.720. The van der Waals surface area contributed by atoms with Crippen LogP contribution in [0.3, 0.4) is 0 Å². The van der Waals surface area contributed by atoms with Crippen molar-refractivity contribution >= 4 is 0 Å². The Labute approximate surface area is 165 Å². The van der Waals surface area contributed by atoms with Crippen LogP contribution in [-0.4, -0.2) is 0 Å². The van der Waals surface area contributed by atoms with Gasteiger partial charge in [0.25, 0.3) is 0 Å². The highest BCUT2D eigenvalue weighted by atomic mass is 14.3. The highest BCUT2D eigenvalue weighted by Crippen LogP contribution is 2.38. The smallest absolute Gasteiger partial charge is 0.0991 e. The zero-order chi connectivity index (χ0) is 18.9. The van der Waals surface area contributed by atoms with E-state index in [1.54, 1.807) is 0 Å². The third-order valence-corrected chi connectivity index (χ3v) is 6.29. The van der Waals surface area contributed by atoms with Gasteiger partial charge in [0.05, 0.1) is 11.6 Å². The van der Waals surface area contributed by atoms with Crippen LogP contribution >= 0.6 is 0 Å². The Balaban J connectivity index is 1.48. The molecule has 1 saturated carbocycles. The molecule has 1 nitrogen and oxygen atoms in total. The van der Waals surface area contributed by atoms with Gasteiger partial charge in [0.1, 0.15) is 0 Å². The van der Waals surface area contributed by atoms with Gasteiger partial charge in [0.15, 0.2) is 0 Å². The first-order valence-electron chi connectivity index (χ1n) is 10.9. The number of rotatable bonds is 8. The van der Waals surface area contributed by atoms with Gasteiger partial charge in [0, 0.05) is 0 Å². The Morgan fingerprint density at radius 2 is 1.37 bits per heavy atom. The van der Waals surface area contributed by atoms with Crippen molar-refractivity contribution in [1.82, 2.24) is 0 Å². The standard InChI is InChI=1S/C26H33N/c1-2-3-4-5-6-7-21-8-12-23(13-9-21)25-16-18-26(19-17-25)24-14-10-22(20-27)11-15-24/h10-11,14-19,21,23H,2-9,12-13H2,1H3. The van der Waals surface area contributed by atoms with E-state index < -0.39 is 0 Å². The van der Waals surface area contributed by atoms with E-state index in [9.17, 15) is 0 Å². The molecule has 0 radical (unpaired) electrons. The molecule has 2 aromatic rings. The number of nitrogens with zero attached hydrogens (tertiary/aromatic N) is 1. The molecule has 0 saturated heterocycles. The second-order valence-electron chi connectivity index (χ2n) is 8.23. The van der Waals surface area contributed by atoms with Crippen LogP contribution in [0.5, 0.6) is 0 Å². The molecule has 1 aliphatic rings. The number of hydrogen-bond donors (Lipinski definition) is 0. The van der Waals surface area contributed by atoms with Crippen LogP contribution in [0.2, 0.25) is 0 Å². The highest BCUT2D eigenvalue weighted by molar-refractivity contribution is 5.64. The van der Waals surface area contributed by atoms with Gasteiger partial charge in [-0.05, 0) is 66.3 Å². The molecule has 0 spiro atoms. The second-order valence-corrected chi connectivity index (χ2v) is 8.23. The molecule has 0 amide bonds. The first-order chi connectivity index (χ1) is 13.3. The summed E-state index contributed by atoms with van der Waals surface area (Å²) >= 11 is 0. The first-order valence-corrected chi connectivity index (χ1v) is 10.9. The molecule has 0 unspecified atom stereocenters. The summed E-state index contributed by atoms with van der Waals surface area (Å²) in [5.41, 5.74) is 4.66. The minimum atomic E-state index is 0.720. The Bertz CT molecular complexity index is 712. The molecule has 142 valence electrons. The molecule has 27 heavy (non-hydrogen) atoms. The number of hydrogen-bond acceptors (Lipinski definition) is 1. The number of benzene rings is 2. The zero-order valence-corrected chi connectivity index (χ0v) is 16.8. The van der Waals surface area contributed by atoms with Gasteiger partial charge in [-0.3, -0.25) is 0 Å². The second kappa shape index (κ2) is 10.3. The molecular formula is C26H33N. The van der Waals surface area contributed by atoms with Crippen LogP contribution < -0.4 is 0 Å². The molecule has 0 aromatic heterocycles. The fourth-order valence-corrected chi connectivity index (χ4v) is 4.51. The lowest BCUT2D eigenvalue weighted by molar-refractivity contribution is 0.302. The van der Waals surface area contributed by atoms with Crippen LogP contribution in [0.1, 0.15) is 88.2 Å². The lowest BCUT2D eigenvalue weighted by Crippen LogP contribution is -2.13. The van der Waals surface area contributed by atoms with Crippen LogP contribution in [0.25, 0.3) is 11.1 Å². The Hall–Kier alpha value is -2.07. The van der Waals surface area contributed by atoms with Crippen molar-refractivity contribution in [3.63, 3.8) is 0 Å². The molecule has 0 N–H and O–H groups in total. The largest absolute Gasteiger partial charge is 0.192 e. The van der Waals surface area contributed by atoms with Crippen molar-refractivity contribution in [2.45, 2.75) is 77.0 Å². The average molecular weight is 360 g/mol. The van der Waals surface area contributed by atoms with Gasteiger partial charge in [-0.25, -0.2) is 0 Å². The summed E-state index contributed by atoms with van der Waals surface area (Å²) in [5, 5.41) is 8.93. The van der Waals surface area contributed by atoms with E-state index in [0.717, 1.165) is 17.4 Å². The van der Waals surface area contributed by atoms with Crippen molar-refractivity contribution in [3.05, 3.63) is 59.7 Å². The molecular weight excluding hydrogens is 326 g/mol. The van der Waals surface area contributed by atoms with E-state index in [0.29, 0.717) is 0 Å². The number of unbranched alkanes of at least 4 members (excludes halogenated alkanes) is 4. The maximum Gasteiger partial charge on any atom is 0.0991 e. The highest BCUT2D eigenvalue weighted by Gasteiger charge is 2.22. The third kappa shape index (κ3) is 5.70. The van der Waals surface area contributed by atoms with Crippen LogP contribution in [-0.2, 0) is 0 Å². The van der Waals surface area contributed by atoms with Crippen molar-refractivity contribution in [3.8, 4) is 17.2 Å². The van der Waals surface area contributed by atoms with Crippen LogP contribution in [0.15, 0.2) is 48.5 Å². The van der Waals surface area contributed by atoms with E-state index >= 15 is 0 Å². The predicted molar refractivity (Wildman–Crippen MR) is 115 cm³/mol. The van der Waals surface area contributed by atoms with E-state index in [1.165, 1.54) is 80.9 Å². The fraction of sp³-hybridized carbons (Fsp3) is 0.500. The summed E-state index contributed by atoms with van der Waals surface area (Å²) in [6.07, 6.45) is 14.0. The molecule has 3 rings (SSSR count). The Morgan fingerprint density at radius 3 is 1.96 bits per heavy atom. The monoisotopic (exact) mass is 359 g/mol. The van der Waals surface area contributed by atoms with Crippen molar-refractivity contribution < 1.29 is 0 Å². The fourth-order valence-electron chi connectivity index (χ4n) is 4.51. The van der Waals surface area contributed by atoms with E-state index in [2.05, 4.69) is 37.3 Å². The van der Waals surface area contributed by atoms with Gasteiger partial charge in [-0.15, -0.1) is 0 Å². The van der Waals surface area contributed by atoms with E-state index in [4.69, 9.17) is 5.26 Å². The van der Waals surface area contributed by atoms with Gasteiger partial charge in [-0.2, -0.15) is 5.26 Å². The maximum absolute atomic E-state index is 8.93. The molecule has 0 heterocycles. The molecule has 0 atom stereocenters. The minimum Gasteiger partial charge on any atom is -0.192 e. The maximum atomic E-state index is 8.93. The first kappa shape index (κ1) is 19.7. The molecule has 0 aliphatic heterocycles. The summed E-state index contributed by atoms with van der Waals surface area (Å²) in [6.45, 7) is 2.29. The van der Waals surface area contributed by atoms with Crippen molar-refractivity contribution in [2.75, 3.05) is 0 Å². The summed E-state index contributed by atoms with van der Waals surface area (Å²) in [4.78, 5) is 0. The van der Waals surface area contributed by atoms with E-state index in [-0.39, 0.29) is 0 Å². The normalized spacial score (nSPS) is 19.6. The number of nitriles is 1. The third-order valence-electron chi connectivity index (χ3n) is 6.29. The molecule has 1 fully saturated rings. The van der Waals surface area contributed by atoms with Gasteiger partial charge >= 0.3 is 0 Å². The summed E-state index contributed by atoms with van der Waals surface area (Å²) < 4.78 is 0. The van der Waals surface area contributed by atoms with Crippen LogP contribution in [0, 0.1) is 17.2 Å². The summed E-state index contributed by atoms with van der Waals surface area (Å²) in [5.74, 6) is 1.72. The van der Waals surface area contributed by atoms with Gasteiger partial charge in [-0.1, -0.05) is 81.8 Å². The Kier molecular flexibility index (Phi) is 7.52. The summed E-state index contributed by atoms with van der Waals surface area (Å²) in [7, 11) is 0. The van der Waals surface area contributed by atoms with Gasteiger partial charge < -0.3 is 0 Å². The molecule has 1 aliphatic carbocycles. The quantitative estimate of drug-likeness (QED) is 0.440. The average Bonchev–Trinajstić information content (AvgIpc) is 2.74. The van der Waals surface area contributed by atoms with E-state index in [1.807, 2.05) is 24.3 Å². The lowest BCUT2D eigenvalue weighted by atomic mass is 9.77. The SMILES string of the molecule is CCCCCCCC1CCC(c2ccc(-c3ccc(C#N)cc3)cc2)CC1. The topological polar surface area (TPSA) is 23.8 Å². The predicted octanol–water partition coefficient (Wildman–Crippen LogP) is 7.86. The van der Waals surface area contributed by atoms with Crippen LogP contribution in [0.4, 0.5) is 0 Å². The molecule has 1 heteroatoms. The van der Waals surface area contributed by atoms with Crippen molar-refractivity contribution in [1.29, 1.82) is 5.26 Å². The zero-order valence-electron chi connectivity index (χ0n) is 16.8. The lowest BCUT2D eigenvalue weighted by Gasteiger charge is -2.29. The molecule has 0 bridgehead atoms.